The van der Waals surface area contributed by atoms with Crippen molar-refractivity contribution in [3.63, 3.8) is 0 Å². The molecule has 0 amide bonds. The fraction of sp³-hybridized carbons (Fsp3) is 0.385. The molecule has 1 aromatic heterocycles. The Bertz CT molecular complexity index is 557. The number of aromatic amines is 1. The van der Waals surface area contributed by atoms with Crippen LogP contribution in [-0.4, -0.2) is 4.98 Å². The summed E-state index contributed by atoms with van der Waals surface area (Å²) in [5, 5.41) is 2.03. The van der Waals surface area contributed by atoms with Crippen molar-refractivity contribution in [1.82, 2.24) is 4.98 Å². The van der Waals surface area contributed by atoms with Crippen LogP contribution in [0.5, 0.6) is 0 Å². The van der Waals surface area contributed by atoms with Gasteiger partial charge in [0.25, 0.3) is 0 Å². The van der Waals surface area contributed by atoms with Crippen molar-refractivity contribution in [2.24, 2.45) is 5.73 Å². The van der Waals surface area contributed by atoms with Gasteiger partial charge < -0.3 is 10.7 Å². The maximum absolute atomic E-state index is 6.29. The number of fused-ring (bicyclic) bond motifs is 3. The van der Waals surface area contributed by atoms with Crippen LogP contribution in [0.2, 0.25) is 5.02 Å². The summed E-state index contributed by atoms with van der Waals surface area (Å²) in [4.78, 5) is 3.47. The topological polar surface area (TPSA) is 41.8 Å². The lowest BCUT2D eigenvalue weighted by atomic mass is 9.92. The number of H-pyrrole nitrogens is 1. The Hall–Kier alpha value is -0.990. The molecule has 0 spiro atoms. The number of hydrogen-bond donors (Lipinski definition) is 2. The molecule has 3 heteroatoms. The van der Waals surface area contributed by atoms with E-state index in [0.717, 1.165) is 29.8 Å². The van der Waals surface area contributed by atoms with Crippen LogP contribution in [0.3, 0.4) is 0 Å². The molecule has 1 aliphatic carbocycles. The average molecular weight is 235 g/mol. The SMILES string of the molecule is Cc1ccc(Cl)c2c3c([nH]c12)C(N)CCC3. The molecule has 0 radical (unpaired) electrons. The number of aryl methyl sites for hydroxylation is 2. The van der Waals surface area contributed by atoms with Crippen molar-refractivity contribution >= 4 is 22.5 Å². The van der Waals surface area contributed by atoms with Crippen LogP contribution in [0.15, 0.2) is 12.1 Å². The molecule has 1 aromatic carbocycles. The third-order valence-corrected chi connectivity index (χ3v) is 3.88. The second kappa shape index (κ2) is 3.51. The summed E-state index contributed by atoms with van der Waals surface area (Å²) in [7, 11) is 0. The molecule has 84 valence electrons. The first-order chi connectivity index (χ1) is 7.68. The molecule has 16 heavy (non-hydrogen) atoms. The minimum absolute atomic E-state index is 0.145. The van der Waals surface area contributed by atoms with Gasteiger partial charge in [-0.05, 0) is 43.4 Å². The largest absolute Gasteiger partial charge is 0.357 e. The molecule has 3 rings (SSSR count). The van der Waals surface area contributed by atoms with Crippen molar-refractivity contribution in [2.45, 2.75) is 32.2 Å². The van der Waals surface area contributed by atoms with Crippen LogP contribution < -0.4 is 5.73 Å². The Morgan fingerprint density at radius 2 is 2.25 bits per heavy atom. The van der Waals surface area contributed by atoms with Gasteiger partial charge in [-0.1, -0.05) is 17.7 Å². The third-order valence-electron chi connectivity index (χ3n) is 3.56. The number of nitrogens with one attached hydrogen (secondary N) is 1. The lowest BCUT2D eigenvalue weighted by molar-refractivity contribution is 0.562. The van der Waals surface area contributed by atoms with Gasteiger partial charge in [-0.3, -0.25) is 0 Å². The van der Waals surface area contributed by atoms with Crippen molar-refractivity contribution in [3.8, 4) is 0 Å². The summed E-state index contributed by atoms with van der Waals surface area (Å²) >= 11 is 6.29. The molecule has 1 atom stereocenters. The Morgan fingerprint density at radius 3 is 3.06 bits per heavy atom. The zero-order chi connectivity index (χ0) is 11.3. The Labute approximate surface area is 99.8 Å². The van der Waals surface area contributed by atoms with Crippen LogP contribution in [0.25, 0.3) is 10.9 Å². The monoisotopic (exact) mass is 234 g/mol. The summed E-state index contributed by atoms with van der Waals surface area (Å²) in [5.74, 6) is 0. The van der Waals surface area contributed by atoms with Gasteiger partial charge in [-0.25, -0.2) is 0 Å². The quantitative estimate of drug-likeness (QED) is 0.720. The lowest BCUT2D eigenvalue weighted by Gasteiger charge is -2.18. The summed E-state index contributed by atoms with van der Waals surface area (Å²) in [6.45, 7) is 2.10. The lowest BCUT2D eigenvalue weighted by Crippen LogP contribution is -2.16. The summed E-state index contributed by atoms with van der Waals surface area (Å²) in [6, 6.07) is 4.18. The van der Waals surface area contributed by atoms with Gasteiger partial charge in [0.2, 0.25) is 0 Å². The number of rotatable bonds is 0. The van der Waals surface area contributed by atoms with Gasteiger partial charge in [0.1, 0.15) is 0 Å². The van der Waals surface area contributed by atoms with Gasteiger partial charge in [0.15, 0.2) is 0 Å². The summed E-state index contributed by atoms with van der Waals surface area (Å²) < 4.78 is 0. The molecule has 0 saturated carbocycles. The number of benzene rings is 1. The van der Waals surface area contributed by atoms with E-state index in [9.17, 15) is 0 Å². The molecule has 0 aliphatic heterocycles. The smallest absolute Gasteiger partial charge is 0.0504 e. The Morgan fingerprint density at radius 1 is 1.44 bits per heavy atom. The highest BCUT2D eigenvalue weighted by atomic mass is 35.5. The molecule has 1 aliphatic rings. The number of aromatic nitrogens is 1. The van der Waals surface area contributed by atoms with Gasteiger partial charge in [-0.15, -0.1) is 0 Å². The molecule has 1 unspecified atom stereocenters. The van der Waals surface area contributed by atoms with E-state index in [0.29, 0.717) is 0 Å². The van der Waals surface area contributed by atoms with Gasteiger partial charge in [0, 0.05) is 17.1 Å². The molecule has 2 nitrogen and oxygen atoms in total. The first-order valence-corrected chi connectivity index (χ1v) is 6.11. The van der Waals surface area contributed by atoms with Crippen LogP contribution in [0.1, 0.15) is 35.7 Å². The van der Waals surface area contributed by atoms with Crippen LogP contribution in [-0.2, 0) is 6.42 Å². The van der Waals surface area contributed by atoms with Gasteiger partial charge in [0.05, 0.1) is 10.5 Å². The van der Waals surface area contributed by atoms with E-state index < -0.39 is 0 Å². The minimum Gasteiger partial charge on any atom is -0.357 e. The van der Waals surface area contributed by atoms with Gasteiger partial charge >= 0.3 is 0 Å². The maximum Gasteiger partial charge on any atom is 0.0504 e. The van der Waals surface area contributed by atoms with Crippen LogP contribution in [0, 0.1) is 6.92 Å². The van der Waals surface area contributed by atoms with E-state index in [1.54, 1.807) is 0 Å². The highest BCUT2D eigenvalue weighted by molar-refractivity contribution is 6.35. The van der Waals surface area contributed by atoms with Crippen molar-refractivity contribution in [2.75, 3.05) is 0 Å². The van der Waals surface area contributed by atoms with E-state index in [-0.39, 0.29) is 6.04 Å². The summed E-state index contributed by atoms with van der Waals surface area (Å²) in [6.07, 6.45) is 3.31. The molecule has 3 N–H and O–H groups in total. The van der Waals surface area contributed by atoms with Crippen molar-refractivity contribution in [1.29, 1.82) is 0 Å². The van der Waals surface area contributed by atoms with Crippen LogP contribution in [0.4, 0.5) is 0 Å². The molecule has 1 heterocycles. The molecule has 2 aromatic rings. The normalized spacial score (nSPS) is 20.1. The zero-order valence-electron chi connectivity index (χ0n) is 9.31. The predicted octanol–water partition coefficient (Wildman–Crippen LogP) is 3.47. The van der Waals surface area contributed by atoms with Gasteiger partial charge in [-0.2, -0.15) is 0 Å². The highest BCUT2D eigenvalue weighted by Crippen LogP contribution is 2.37. The highest BCUT2D eigenvalue weighted by Gasteiger charge is 2.23. The second-order valence-corrected chi connectivity index (χ2v) is 5.04. The van der Waals surface area contributed by atoms with E-state index in [1.807, 2.05) is 6.07 Å². The molecular formula is C13H15ClN2. The molecule has 0 fully saturated rings. The first kappa shape index (κ1) is 10.2. The maximum atomic E-state index is 6.29. The fourth-order valence-corrected chi connectivity index (χ4v) is 2.97. The predicted molar refractivity (Wildman–Crippen MR) is 67.9 cm³/mol. The third kappa shape index (κ3) is 1.30. The Balaban J connectivity index is 2.40. The van der Waals surface area contributed by atoms with E-state index in [1.165, 1.54) is 22.2 Å². The average Bonchev–Trinajstić information content (AvgIpc) is 2.66. The van der Waals surface area contributed by atoms with E-state index in [2.05, 4.69) is 18.0 Å². The number of halogens is 1. The Kier molecular flexibility index (Phi) is 2.23. The second-order valence-electron chi connectivity index (χ2n) is 4.63. The number of nitrogens with two attached hydrogens (primary N) is 1. The van der Waals surface area contributed by atoms with Crippen LogP contribution >= 0.6 is 11.6 Å². The van der Waals surface area contributed by atoms with E-state index >= 15 is 0 Å². The zero-order valence-corrected chi connectivity index (χ0v) is 10.1. The van der Waals surface area contributed by atoms with Crippen molar-refractivity contribution < 1.29 is 0 Å². The fourth-order valence-electron chi connectivity index (χ4n) is 2.70. The van der Waals surface area contributed by atoms with Crippen molar-refractivity contribution in [3.05, 3.63) is 34.0 Å². The number of hydrogen-bond acceptors (Lipinski definition) is 1. The standard InChI is InChI=1S/C13H15ClN2/c1-7-5-6-9(14)11-8-3-2-4-10(15)13(8)16-12(7)11/h5-6,10,16H,2-4,15H2,1H3. The molecule has 0 saturated heterocycles. The molecule has 0 bridgehead atoms. The molecular weight excluding hydrogens is 220 g/mol. The summed E-state index contributed by atoms with van der Waals surface area (Å²) in [5.41, 5.74) is 11.1. The minimum atomic E-state index is 0.145. The first-order valence-electron chi connectivity index (χ1n) is 5.73. The van der Waals surface area contributed by atoms with E-state index in [4.69, 9.17) is 17.3 Å².